The van der Waals surface area contributed by atoms with Gasteiger partial charge >= 0.3 is 0 Å². The van der Waals surface area contributed by atoms with Gasteiger partial charge in [-0.1, -0.05) is 0 Å². The molecule has 0 unspecified atom stereocenters. The van der Waals surface area contributed by atoms with Gasteiger partial charge in [0.1, 0.15) is 0 Å². The third-order valence-electron chi connectivity index (χ3n) is 2.55. The van der Waals surface area contributed by atoms with E-state index in [2.05, 4.69) is 53.9 Å². The molecule has 0 bridgehead atoms. The zero-order valence-electron chi connectivity index (χ0n) is 8.88. The van der Waals surface area contributed by atoms with Gasteiger partial charge in [0, 0.05) is 12.6 Å². The van der Waals surface area contributed by atoms with Crippen molar-refractivity contribution >= 4 is 32.3 Å². The van der Waals surface area contributed by atoms with Gasteiger partial charge in [0.25, 0.3) is 0 Å². The monoisotopic (exact) mass is 276 g/mol. The van der Waals surface area contributed by atoms with Gasteiger partial charge < -0.3 is 10.6 Å². The Morgan fingerprint density at radius 3 is 2.57 bits per heavy atom. The maximum absolute atomic E-state index is 5.60. The molecule has 0 atom stereocenters. The first-order valence-electron chi connectivity index (χ1n) is 4.66. The molecule has 0 amide bonds. The van der Waals surface area contributed by atoms with Crippen LogP contribution in [0.1, 0.15) is 20.3 Å². The second-order valence-corrected chi connectivity index (χ2v) is 6.43. The van der Waals surface area contributed by atoms with Crippen LogP contribution in [0, 0.1) is 0 Å². The number of nitrogens with two attached hydrogens (primary N) is 1. The zero-order chi connectivity index (χ0) is 10.8. The lowest BCUT2D eigenvalue weighted by Crippen LogP contribution is -2.42. The van der Waals surface area contributed by atoms with Crippen LogP contribution < -0.4 is 10.6 Å². The lowest BCUT2D eigenvalue weighted by Gasteiger charge is -2.36. The Morgan fingerprint density at radius 1 is 1.50 bits per heavy atom. The number of hydrogen-bond acceptors (Lipinski definition) is 3. The van der Waals surface area contributed by atoms with Crippen molar-refractivity contribution in [3.63, 3.8) is 0 Å². The molecule has 4 heteroatoms. The van der Waals surface area contributed by atoms with Crippen LogP contribution in [0.3, 0.4) is 0 Å². The molecular formula is C10H17BrN2S. The number of anilines is 1. The van der Waals surface area contributed by atoms with Crippen LogP contribution in [-0.2, 0) is 0 Å². The van der Waals surface area contributed by atoms with Gasteiger partial charge in [0.15, 0.2) is 0 Å². The van der Waals surface area contributed by atoms with Crippen LogP contribution in [0.4, 0.5) is 5.00 Å². The van der Waals surface area contributed by atoms with Crippen molar-refractivity contribution in [1.82, 2.24) is 0 Å². The summed E-state index contributed by atoms with van der Waals surface area (Å²) in [5.74, 6) is 0. The number of halogens is 1. The average molecular weight is 277 g/mol. The Labute approximate surface area is 98.2 Å². The van der Waals surface area contributed by atoms with Crippen molar-refractivity contribution in [1.29, 1.82) is 0 Å². The molecule has 0 saturated heterocycles. The summed E-state index contributed by atoms with van der Waals surface area (Å²) in [6, 6.07) is 4.21. The van der Waals surface area contributed by atoms with E-state index in [0.29, 0.717) is 0 Å². The summed E-state index contributed by atoms with van der Waals surface area (Å²) < 4.78 is 1.17. The van der Waals surface area contributed by atoms with Crippen molar-refractivity contribution < 1.29 is 0 Å². The summed E-state index contributed by atoms with van der Waals surface area (Å²) in [6.07, 6.45) is 0.999. The molecule has 0 aliphatic carbocycles. The van der Waals surface area contributed by atoms with Gasteiger partial charge in [0.05, 0.1) is 8.79 Å². The number of hydrogen-bond donors (Lipinski definition) is 1. The smallest absolute Gasteiger partial charge is 0.0922 e. The SMILES string of the molecule is CN(c1ccc(Br)s1)C(C)(C)CCN. The van der Waals surface area contributed by atoms with Gasteiger partial charge in [-0.3, -0.25) is 0 Å². The third-order valence-corrected chi connectivity index (χ3v) is 4.25. The van der Waals surface area contributed by atoms with Crippen LogP contribution in [0.15, 0.2) is 15.9 Å². The highest BCUT2D eigenvalue weighted by Gasteiger charge is 2.23. The first kappa shape index (κ1) is 12.0. The van der Waals surface area contributed by atoms with Crippen molar-refractivity contribution in [3.05, 3.63) is 15.9 Å². The van der Waals surface area contributed by atoms with E-state index in [4.69, 9.17) is 5.73 Å². The summed E-state index contributed by atoms with van der Waals surface area (Å²) in [5, 5.41) is 1.27. The predicted molar refractivity (Wildman–Crippen MR) is 68.2 cm³/mol. The first-order chi connectivity index (χ1) is 6.47. The molecule has 0 saturated carbocycles. The molecule has 1 aromatic rings. The summed E-state index contributed by atoms with van der Waals surface area (Å²) in [4.78, 5) is 2.29. The molecule has 14 heavy (non-hydrogen) atoms. The molecule has 0 radical (unpaired) electrons. The highest BCUT2D eigenvalue weighted by molar-refractivity contribution is 9.11. The molecule has 0 fully saturated rings. The normalized spacial score (nSPS) is 11.8. The summed E-state index contributed by atoms with van der Waals surface area (Å²) in [6.45, 7) is 5.16. The van der Waals surface area contributed by atoms with Crippen LogP contribution in [-0.4, -0.2) is 19.1 Å². The fraction of sp³-hybridized carbons (Fsp3) is 0.600. The summed E-state index contributed by atoms with van der Waals surface area (Å²) in [5.41, 5.74) is 5.73. The fourth-order valence-electron chi connectivity index (χ4n) is 1.30. The van der Waals surface area contributed by atoms with E-state index in [-0.39, 0.29) is 5.54 Å². The summed E-state index contributed by atoms with van der Waals surface area (Å²) in [7, 11) is 2.12. The Morgan fingerprint density at radius 2 is 2.14 bits per heavy atom. The Kier molecular flexibility index (Phi) is 3.98. The standard InChI is InChI=1S/C10H17BrN2S/c1-10(2,6-7-12)13(3)9-5-4-8(11)14-9/h4-5H,6-7,12H2,1-3H3. The molecule has 1 aromatic heterocycles. The maximum atomic E-state index is 5.60. The molecule has 1 heterocycles. The second kappa shape index (κ2) is 4.64. The van der Waals surface area contributed by atoms with Crippen LogP contribution in [0.25, 0.3) is 0 Å². The van der Waals surface area contributed by atoms with E-state index >= 15 is 0 Å². The summed E-state index contributed by atoms with van der Waals surface area (Å²) >= 11 is 5.22. The van der Waals surface area contributed by atoms with E-state index in [9.17, 15) is 0 Å². The molecule has 80 valence electrons. The van der Waals surface area contributed by atoms with E-state index in [1.165, 1.54) is 8.79 Å². The molecule has 0 spiro atoms. The Hall–Kier alpha value is -0.0600. The molecule has 1 rings (SSSR count). The third kappa shape index (κ3) is 2.72. The van der Waals surface area contributed by atoms with E-state index in [0.717, 1.165) is 13.0 Å². The topological polar surface area (TPSA) is 29.3 Å². The lowest BCUT2D eigenvalue weighted by atomic mass is 9.99. The molecule has 2 N–H and O–H groups in total. The number of thiophene rings is 1. The average Bonchev–Trinajstić information content (AvgIpc) is 2.50. The fourth-order valence-corrected chi connectivity index (χ4v) is 2.79. The van der Waals surface area contributed by atoms with Gasteiger partial charge in [0.2, 0.25) is 0 Å². The minimum absolute atomic E-state index is 0.124. The minimum atomic E-state index is 0.124. The van der Waals surface area contributed by atoms with Crippen LogP contribution in [0.2, 0.25) is 0 Å². The predicted octanol–water partition coefficient (Wildman–Crippen LogP) is 3.07. The van der Waals surface area contributed by atoms with Crippen LogP contribution >= 0.6 is 27.3 Å². The van der Waals surface area contributed by atoms with Crippen LogP contribution in [0.5, 0.6) is 0 Å². The van der Waals surface area contributed by atoms with E-state index in [1.54, 1.807) is 11.3 Å². The minimum Gasteiger partial charge on any atom is -0.361 e. The number of rotatable bonds is 4. The second-order valence-electron chi connectivity index (χ2n) is 3.99. The van der Waals surface area contributed by atoms with E-state index < -0.39 is 0 Å². The van der Waals surface area contributed by atoms with Gasteiger partial charge in [-0.25, -0.2) is 0 Å². The Bertz CT molecular complexity index is 296. The quantitative estimate of drug-likeness (QED) is 0.916. The Balaban J connectivity index is 2.78. The van der Waals surface area contributed by atoms with Gasteiger partial charge in [-0.2, -0.15) is 0 Å². The first-order valence-corrected chi connectivity index (χ1v) is 6.27. The maximum Gasteiger partial charge on any atom is 0.0922 e. The highest BCUT2D eigenvalue weighted by atomic mass is 79.9. The zero-order valence-corrected chi connectivity index (χ0v) is 11.3. The van der Waals surface area contributed by atoms with Crippen molar-refractivity contribution in [3.8, 4) is 0 Å². The lowest BCUT2D eigenvalue weighted by molar-refractivity contribution is 0.458. The van der Waals surface area contributed by atoms with Gasteiger partial charge in [-0.05, 0) is 54.9 Å². The van der Waals surface area contributed by atoms with Crippen molar-refractivity contribution in [2.75, 3.05) is 18.5 Å². The largest absolute Gasteiger partial charge is 0.361 e. The molecule has 2 nitrogen and oxygen atoms in total. The van der Waals surface area contributed by atoms with Crippen molar-refractivity contribution in [2.24, 2.45) is 5.73 Å². The van der Waals surface area contributed by atoms with Gasteiger partial charge in [-0.15, -0.1) is 11.3 Å². The highest BCUT2D eigenvalue weighted by Crippen LogP contribution is 2.33. The van der Waals surface area contributed by atoms with E-state index in [1.807, 2.05) is 0 Å². The molecule has 0 aliphatic rings. The molecule has 0 aromatic carbocycles. The molecule has 0 aliphatic heterocycles. The van der Waals surface area contributed by atoms with Crippen molar-refractivity contribution in [2.45, 2.75) is 25.8 Å². The molecular weight excluding hydrogens is 260 g/mol. The number of nitrogens with zero attached hydrogens (tertiary/aromatic N) is 1.